The first-order valence-electron chi connectivity index (χ1n) is 6.21. The number of fused-ring (bicyclic) bond motifs is 1. The highest BCUT2D eigenvalue weighted by molar-refractivity contribution is 7.99. The second-order valence-electron chi connectivity index (χ2n) is 4.64. The van der Waals surface area contributed by atoms with Crippen molar-refractivity contribution in [2.75, 3.05) is 17.8 Å². The minimum absolute atomic E-state index is 0.0805. The Morgan fingerprint density at radius 1 is 1.57 bits per heavy atom. The number of hydrogen-bond donors (Lipinski definition) is 1. The number of thioether (sulfide) groups is 1. The molecule has 2 unspecified atom stereocenters. The molecule has 0 fully saturated rings. The first-order valence-corrected chi connectivity index (χ1v) is 9.30. The first-order chi connectivity index (χ1) is 9.90. The number of aromatic nitrogens is 2. The van der Waals surface area contributed by atoms with Crippen molar-refractivity contribution in [1.29, 1.82) is 0 Å². The summed E-state index contributed by atoms with van der Waals surface area (Å²) in [6.45, 7) is 1.93. The maximum Gasteiger partial charge on any atom is 0.313 e. The molecule has 5 nitrogen and oxygen atoms in total. The molecule has 1 heterocycles. The quantitative estimate of drug-likeness (QED) is 0.814. The predicted octanol–water partition coefficient (Wildman–Crippen LogP) is 2.81. The minimum atomic E-state index is -0.968. The van der Waals surface area contributed by atoms with Gasteiger partial charge < -0.3 is 9.67 Å². The Labute approximate surface area is 134 Å². The third kappa shape index (κ3) is 3.78. The van der Waals surface area contributed by atoms with Crippen LogP contribution in [-0.2, 0) is 15.6 Å². The van der Waals surface area contributed by atoms with Gasteiger partial charge in [-0.05, 0) is 19.1 Å². The number of carboxylic acid groups (broad SMARTS) is 1. The van der Waals surface area contributed by atoms with Gasteiger partial charge >= 0.3 is 5.97 Å². The van der Waals surface area contributed by atoms with E-state index < -0.39 is 16.8 Å². The van der Waals surface area contributed by atoms with E-state index in [1.54, 1.807) is 18.4 Å². The van der Waals surface area contributed by atoms with Crippen molar-refractivity contribution >= 4 is 51.2 Å². The monoisotopic (exact) mass is 346 g/mol. The zero-order chi connectivity index (χ0) is 15.6. The average molecular weight is 347 g/mol. The predicted molar refractivity (Wildman–Crippen MR) is 86.7 cm³/mol. The lowest BCUT2D eigenvalue weighted by Crippen LogP contribution is -2.14. The summed E-state index contributed by atoms with van der Waals surface area (Å²) in [5.41, 5.74) is 1.47. The lowest BCUT2D eigenvalue weighted by atomic mass is 10.3. The summed E-state index contributed by atoms with van der Waals surface area (Å²) >= 11 is 7.40. The number of aliphatic carboxylic acids is 1. The Kier molecular flexibility index (Phi) is 5.29. The van der Waals surface area contributed by atoms with Gasteiger partial charge in [0, 0.05) is 28.9 Å². The Hall–Kier alpha value is -1.05. The summed E-state index contributed by atoms with van der Waals surface area (Å²) in [5, 5.41) is 9.98. The molecule has 21 heavy (non-hydrogen) atoms. The Morgan fingerprint density at radius 2 is 2.29 bits per heavy atom. The molecule has 0 aliphatic heterocycles. The van der Waals surface area contributed by atoms with Gasteiger partial charge in [0.25, 0.3) is 0 Å². The summed E-state index contributed by atoms with van der Waals surface area (Å²) in [6, 6.07) is 5.31. The number of rotatable bonds is 6. The SMILES string of the molecule is CC(CS(C)=O)n1c(SCC(=O)O)nc2cccc(Cl)c21. The number of imidazole rings is 1. The van der Waals surface area contributed by atoms with Crippen LogP contribution in [0.25, 0.3) is 11.0 Å². The van der Waals surface area contributed by atoms with Gasteiger partial charge in [-0.25, -0.2) is 4.98 Å². The van der Waals surface area contributed by atoms with E-state index in [-0.39, 0.29) is 11.8 Å². The zero-order valence-electron chi connectivity index (χ0n) is 11.6. The number of para-hydroxylation sites is 1. The molecule has 0 bridgehead atoms. The molecule has 0 saturated carbocycles. The lowest BCUT2D eigenvalue weighted by molar-refractivity contribution is -0.133. The van der Waals surface area contributed by atoms with E-state index in [2.05, 4.69) is 4.98 Å². The van der Waals surface area contributed by atoms with Crippen LogP contribution in [-0.4, -0.2) is 42.6 Å². The molecule has 2 atom stereocenters. The maximum absolute atomic E-state index is 11.5. The number of benzene rings is 1. The summed E-state index contributed by atoms with van der Waals surface area (Å²) < 4.78 is 13.4. The molecular weight excluding hydrogens is 332 g/mol. The van der Waals surface area contributed by atoms with Gasteiger partial charge in [0.2, 0.25) is 0 Å². The number of nitrogens with zero attached hydrogens (tertiary/aromatic N) is 2. The highest BCUT2D eigenvalue weighted by Crippen LogP contribution is 2.32. The highest BCUT2D eigenvalue weighted by atomic mass is 35.5. The molecule has 8 heteroatoms. The molecule has 0 saturated heterocycles. The standard InChI is InChI=1S/C13H15ClN2O3S2/c1-8(7-21(2)19)16-12-9(14)4-3-5-10(12)15-13(16)20-6-11(17)18/h3-5,8H,6-7H2,1-2H3,(H,17,18). The molecule has 0 amide bonds. The van der Waals surface area contributed by atoms with E-state index in [0.29, 0.717) is 21.4 Å². The molecule has 2 rings (SSSR count). The van der Waals surface area contributed by atoms with Crippen LogP contribution in [0.3, 0.4) is 0 Å². The van der Waals surface area contributed by atoms with Crippen molar-refractivity contribution in [3.8, 4) is 0 Å². The first kappa shape index (κ1) is 16.3. The van der Waals surface area contributed by atoms with Crippen molar-refractivity contribution in [3.63, 3.8) is 0 Å². The fourth-order valence-corrected chi connectivity index (χ4v) is 4.05. The number of halogens is 1. The van der Waals surface area contributed by atoms with Crippen LogP contribution in [0.1, 0.15) is 13.0 Å². The topological polar surface area (TPSA) is 72.2 Å². The van der Waals surface area contributed by atoms with E-state index in [0.717, 1.165) is 17.3 Å². The van der Waals surface area contributed by atoms with Crippen LogP contribution in [0.4, 0.5) is 0 Å². The van der Waals surface area contributed by atoms with Crippen molar-refractivity contribution in [1.82, 2.24) is 9.55 Å². The smallest absolute Gasteiger partial charge is 0.313 e. The summed E-state index contributed by atoms with van der Waals surface area (Å²) in [4.78, 5) is 15.2. The van der Waals surface area contributed by atoms with Crippen molar-refractivity contribution in [2.24, 2.45) is 0 Å². The van der Waals surface area contributed by atoms with Crippen molar-refractivity contribution in [2.45, 2.75) is 18.1 Å². The minimum Gasteiger partial charge on any atom is -0.481 e. The Morgan fingerprint density at radius 3 is 2.90 bits per heavy atom. The van der Waals surface area contributed by atoms with Gasteiger partial charge in [-0.2, -0.15) is 0 Å². The van der Waals surface area contributed by atoms with E-state index >= 15 is 0 Å². The molecule has 1 N–H and O–H groups in total. The maximum atomic E-state index is 11.5. The lowest BCUT2D eigenvalue weighted by Gasteiger charge is -2.16. The van der Waals surface area contributed by atoms with E-state index in [4.69, 9.17) is 16.7 Å². The molecular formula is C13H15ClN2O3S2. The van der Waals surface area contributed by atoms with Crippen LogP contribution in [0.15, 0.2) is 23.4 Å². The normalized spacial score (nSPS) is 14.2. The second-order valence-corrected chi connectivity index (χ2v) is 7.47. The fourth-order valence-electron chi connectivity index (χ4n) is 2.14. The zero-order valence-corrected chi connectivity index (χ0v) is 14.0. The van der Waals surface area contributed by atoms with Gasteiger partial charge in [-0.1, -0.05) is 29.4 Å². The third-order valence-corrected chi connectivity index (χ3v) is 5.06. The highest BCUT2D eigenvalue weighted by Gasteiger charge is 2.19. The molecule has 0 radical (unpaired) electrons. The van der Waals surface area contributed by atoms with Gasteiger partial charge in [-0.3, -0.25) is 9.00 Å². The van der Waals surface area contributed by atoms with Gasteiger partial charge in [0.15, 0.2) is 5.16 Å². The van der Waals surface area contributed by atoms with Gasteiger partial charge in [-0.15, -0.1) is 0 Å². The largest absolute Gasteiger partial charge is 0.481 e. The second kappa shape index (κ2) is 6.81. The average Bonchev–Trinajstić information content (AvgIpc) is 2.75. The third-order valence-electron chi connectivity index (χ3n) is 2.87. The van der Waals surface area contributed by atoms with Gasteiger partial charge in [0.05, 0.1) is 21.8 Å². The van der Waals surface area contributed by atoms with Crippen molar-refractivity contribution in [3.05, 3.63) is 23.2 Å². The molecule has 0 spiro atoms. The molecule has 0 aliphatic rings. The van der Waals surface area contributed by atoms with Crippen molar-refractivity contribution < 1.29 is 14.1 Å². The summed E-state index contributed by atoms with van der Waals surface area (Å²) in [5.74, 6) is -0.531. The number of hydrogen-bond acceptors (Lipinski definition) is 4. The van der Waals surface area contributed by atoms with Crippen LogP contribution < -0.4 is 0 Å². The summed E-state index contributed by atoms with van der Waals surface area (Å²) in [7, 11) is -0.968. The van der Waals surface area contributed by atoms with E-state index in [1.807, 2.05) is 17.6 Å². The molecule has 1 aromatic carbocycles. The summed E-state index contributed by atoms with van der Waals surface area (Å²) in [6.07, 6.45) is 1.64. The molecule has 2 aromatic rings. The molecule has 1 aromatic heterocycles. The Bertz CT molecular complexity index is 702. The Balaban J connectivity index is 2.53. The molecule has 0 aliphatic carbocycles. The van der Waals surface area contributed by atoms with Crippen LogP contribution >= 0.6 is 23.4 Å². The van der Waals surface area contributed by atoms with Gasteiger partial charge in [0.1, 0.15) is 0 Å². The number of carboxylic acids is 1. The van der Waals surface area contributed by atoms with Crippen LogP contribution in [0, 0.1) is 0 Å². The van der Waals surface area contributed by atoms with Crippen LogP contribution in [0.5, 0.6) is 0 Å². The molecule has 114 valence electrons. The number of carbonyl (C=O) groups is 1. The van der Waals surface area contributed by atoms with Crippen LogP contribution in [0.2, 0.25) is 5.02 Å². The van der Waals surface area contributed by atoms with E-state index in [9.17, 15) is 9.00 Å². The fraction of sp³-hybridized carbons (Fsp3) is 0.385. The van der Waals surface area contributed by atoms with E-state index in [1.165, 1.54) is 0 Å².